The molecule has 1 nitrogen and oxygen atoms in total. The lowest BCUT2D eigenvalue weighted by atomic mass is 10.0. The standard InChI is InChI=1S/C17H28O/c1-3-4-5-6-7-8-17(18)14-13-16-11-9-15(2)10-12-16/h9-12,17-18H,3-8,13-14H2,1-2H3. The first-order chi connectivity index (χ1) is 8.72. The molecule has 1 aromatic carbocycles. The van der Waals surface area contributed by atoms with Gasteiger partial charge >= 0.3 is 0 Å². The number of hydrogen-bond donors (Lipinski definition) is 1. The van der Waals surface area contributed by atoms with Gasteiger partial charge in [-0.15, -0.1) is 0 Å². The Morgan fingerprint density at radius 1 is 0.944 bits per heavy atom. The van der Waals surface area contributed by atoms with Gasteiger partial charge in [0.2, 0.25) is 0 Å². The lowest BCUT2D eigenvalue weighted by Crippen LogP contribution is -2.07. The molecular formula is C17H28O. The summed E-state index contributed by atoms with van der Waals surface area (Å²) in [6.07, 6.45) is 9.14. The molecule has 0 spiro atoms. The summed E-state index contributed by atoms with van der Waals surface area (Å²) in [5.41, 5.74) is 2.64. The van der Waals surface area contributed by atoms with Crippen LogP contribution in [-0.4, -0.2) is 11.2 Å². The molecule has 18 heavy (non-hydrogen) atoms. The number of hydrogen-bond acceptors (Lipinski definition) is 1. The molecule has 0 bridgehead atoms. The molecule has 0 amide bonds. The van der Waals surface area contributed by atoms with Crippen LogP contribution in [0.5, 0.6) is 0 Å². The fourth-order valence-corrected chi connectivity index (χ4v) is 2.22. The predicted octanol–water partition coefficient (Wildman–Crippen LogP) is 4.65. The lowest BCUT2D eigenvalue weighted by Gasteiger charge is -2.10. The van der Waals surface area contributed by atoms with Crippen molar-refractivity contribution in [1.29, 1.82) is 0 Å². The van der Waals surface area contributed by atoms with Gasteiger partial charge in [-0.2, -0.15) is 0 Å². The van der Waals surface area contributed by atoms with Crippen LogP contribution in [0, 0.1) is 6.92 Å². The number of unbranched alkanes of at least 4 members (excludes halogenated alkanes) is 4. The molecule has 0 heterocycles. The summed E-state index contributed by atoms with van der Waals surface area (Å²) in [5.74, 6) is 0. The summed E-state index contributed by atoms with van der Waals surface area (Å²) in [5, 5.41) is 9.92. The Kier molecular flexibility index (Phi) is 7.75. The maximum absolute atomic E-state index is 9.92. The highest BCUT2D eigenvalue weighted by atomic mass is 16.3. The number of aryl methyl sites for hydroxylation is 2. The van der Waals surface area contributed by atoms with Gasteiger partial charge in [-0.1, -0.05) is 68.9 Å². The molecule has 1 N–H and O–H groups in total. The summed E-state index contributed by atoms with van der Waals surface area (Å²) in [6.45, 7) is 4.34. The number of benzene rings is 1. The van der Waals surface area contributed by atoms with Crippen LogP contribution in [0.2, 0.25) is 0 Å². The fourth-order valence-electron chi connectivity index (χ4n) is 2.22. The van der Waals surface area contributed by atoms with Gasteiger partial charge < -0.3 is 5.11 Å². The minimum absolute atomic E-state index is 0.118. The minimum atomic E-state index is -0.118. The molecule has 1 rings (SSSR count). The predicted molar refractivity (Wildman–Crippen MR) is 78.9 cm³/mol. The molecule has 0 aliphatic rings. The molecule has 0 aromatic heterocycles. The van der Waals surface area contributed by atoms with E-state index in [4.69, 9.17) is 0 Å². The lowest BCUT2D eigenvalue weighted by molar-refractivity contribution is 0.151. The van der Waals surface area contributed by atoms with Gasteiger partial charge in [0.15, 0.2) is 0 Å². The van der Waals surface area contributed by atoms with Crippen LogP contribution in [0.15, 0.2) is 24.3 Å². The zero-order valence-electron chi connectivity index (χ0n) is 12.0. The maximum atomic E-state index is 9.92. The first-order valence-corrected chi connectivity index (χ1v) is 7.46. The van der Waals surface area contributed by atoms with Gasteiger partial charge in [0.05, 0.1) is 6.10 Å². The first kappa shape index (κ1) is 15.2. The third kappa shape index (κ3) is 6.80. The molecule has 0 saturated carbocycles. The largest absolute Gasteiger partial charge is 0.393 e. The highest BCUT2D eigenvalue weighted by Crippen LogP contribution is 2.12. The molecular weight excluding hydrogens is 220 g/mol. The topological polar surface area (TPSA) is 20.2 Å². The van der Waals surface area contributed by atoms with Gasteiger partial charge in [0, 0.05) is 0 Å². The van der Waals surface area contributed by atoms with E-state index < -0.39 is 0 Å². The first-order valence-electron chi connectivity index (χ1n) is 7.46. The zero-order valence-corrected chi connectivity index (χ0v) is 12.0. The third-order valence-electron chi connectivity index (χ3n) is 3.53. The van der Waals surface area contributed by atoms with Crippen LogP contribution in [-0.2, 0) is 6.42 Å². The molecule has 0 fully saturated rings. The Balaban J connectivity index is 2.09. The molecule has 0 aliphatic carbocycles. The Hall–Kier alpha value is -0.820. The summed E-state index contributed by atoms with van der Waals surface area (Å²) in [6, 6.07) is 8.63. The van der Waals surface area contributed by atoms with Crippen molar-refractivity contribution in [3.8, 4) is 0 Å². The van der Waals surface area contributed by atoms with Gasteiger partial charge in [-0.05, 0) is 31.7 Å². The summed E-state index contributed by atoms with van der Waals surface area (Å²) in [4.78, 5) is 0. The van der Waals surface area contributed by atoms with Crippen LogP contribution in [0.25, 0.3) is 0 Å². The number of rotatable bonds is 9. The van der Waals surface area contributed by atoms with Crippen LogP contribution in [0.4, 0.5) is 0 Å². The van der Waals surface area contributed by atoms with Crippen LogP contribution < -0.4 is 0 Å². The molecule has 1 aromatic rings. The van der Waals surface area contributed by atoms with E-state index in [1.165, 1.54) is 43.2 Å². The average Bonchev–Trinajstić information content (AvgIpc) is 2.38. The number of aliphatic hydroxyl groups is 1. The van der Waals surface area contributed by atoms with Gasteiger partial charge in [-0.25, -0.2) is 0 Å². The Bertz CT molecular complexity index is 302. The number of aliphatic hydroxyl groups excluding tert-OH is 1. The van der Waals surface area contributed by atoms with Crippen molar-refractivity contribution in [2.75, 3.05) is 0 Å². The van der Waals surface area contributed by atoms with Gasteiger partial charge in [0.1, 0.15) is 0 Å². The van der Waals surface area contributed by atoms with E-state index in [1.54, 1.807) is 0 Å². The van der Waals surface area contributed by atoms with E-state index in [-0.39, 0.29) is 6.10 Å². The van der Waals surface area contributed by atoms with Crippen molar-refractivity contribution in [2.45, 2.75) is 71.3 Å². The second kappa shape index (κ2) is 9.16. The molecule has 0 aliphatic heterocycles. The van der Waals surface area contributed by atoms with Crippen LogP contribution >= 0.6 is 0 Å². The molecule has 1 heteroatoms. The van der Waals surface area contributed by atoms with E-state index in [9.17, 15) is 5.11 Å². The van der Waals surface area contributed by atoms with Crippen molar-refractivity contribution >= 4 is 0 Å². The van der Waals surface area contributed by atoms with Gasteiger partial charge in [-0.3, -0.25) is 0 Å². The maximum Gasteiger partial charge on any atom is 0.0543 e. The molecule has 1 atom stereocenters. The van der Waals surface area contributed by atoms with E-state index >= 15 is 0 Å². The van der Waals surface area contributed by atoms with Crippen molar-refractivity contribution < 1.29 is 5.11 Å². The Labute approximate surface area is 112 Å². The summed E-state index contributed by atoms with van der Waals surface area (Å²) in [7, 11) is 0. The van der Waals surface area contributed by atoms with Crippen molar-refractivity contribution in [3.05, 3.63) is 35.4 Å². The van der Waals surface area contributed by atoms with Crippen LogP contribution in [0.3, 0.4) is 0 Å². The monoisotopic (exact) mass is 248 g/mol. The van der Waals surface area contributed by atoms with Crippen molar-refractivity contribution in [3.63, 3.8) is 0 Å². The second-order valence-corrected chi connectivity index (χ2v) is 5.38. The van der Waals surface area contributed by atoms with Crippen molar-refractivity contribution in [1.82, 2.24) is 0 Å². The quantitative estimate of drug-likeness (QED) is 0.631. The van der Waals surface area contributed by atoms with Crippen molar-refractivity contribution in [2.24, 2.45) is 0 Å². The summed E-state index contributed by atoms with van der Waals surface area (Å²) >= 11 is 0. The second-order valence-electron chi connectivity index (χ2n) is 5.38. The minimum Gasteiger partial charge on any atom is -0.393 e. The zero-order chi connectivity index (χ0) is 13.2. The Morgan fingerprint density at radius 2 is 1.61 bits per heavy atom. The fraction of sp³-hybridized carbons (Fsp3) is 0.647. The van der Waals surface area contributed by atoms with Crippen LogP contribution in [0.1, 0.15) is 63.0 Å². The van der Waals surface area contributed by atoms with E-state index in [1.807, 2.05) is 0 Å². The van der Waals surface area contributed by atoms with Gasteiger partial charge in [0.25, 0.3) is 0 Å². The smallest absolute Gasteiger partial charge is 0.0543 e. The molecule has 1 unspecified atom stereocenters. The third-order valence-corrected chi connectivity index (χ3v) is 3.53. The Morgan fingerprint density at radius 3 is 2.28 bits per heavy atom. The SMILES string of the molecule is CCCCCCCC(O)CCc1ccc(C)cc1. The average molecular weight is 248 g/mol. The molecule has 102 valence electrons. The summed E-state index contributed by atoms with van der Waals surface area (Å²) < 4.78 is 0. The normalized spacial score (nSPS) is 12.6. The highest BCUT2D eigenvalue weighted by molar-refractivity contribution is 5.21. The highest BCUT2D eigenvalue weighted by Gasteiger charge is 2.04. The molecule has 0 saturated heterocycles. The molecule has 0 radical (unpaired) electrons. The van der Waals surface area contributed by atoms with E-state index in [2.05, 4.69) is 38.1 Å². The van der Waals surface area contributed by atoms with E-state index in [0.29, 0.717) is 0 Å². The van der Waals surface area contributed by atoms with E-state index in [0.717, 1.165) is 19.3 Å².